The summed E-state index contributed by atoms with van der Waals surface area (Å²) in [5.41, 5.74) is 5.81. The summed E-state index contributed by atoms with van der Waals surface area (Å²) >= 11 is 0. The number of amides is 1. The lowest BCUT2D eigenvalue weighted by atomic mass is 9.83. The van der Waals surface area contributed by atoms with Crippen molar-refractivity contribution in [2.24, 2.45) is 0 Å². The Hall–Kier alpha value is -4.34. The van der Waals surface area contributed by atoms with Crippen LogP contribution in [0.5, 0.6) is 0 Å². The van der Waals surface area contributed by atoms with Crippen molar-refractivity contribution < 1.29 is 9.90 Å². The molecule has 7 rings (SSSR count). The van der Waals surface area contributed by atoms with Gasteiger partial charge in [0.1, 0.15) is 0 Å². The molecule has 4 heterocycles. The van der Waals surface area contributed by atoms with Crippen molar-refractivity contribution in [3.8, 4) is 22.4 Å². The fraction of sp³-hybridized carbons (Fsp3) is 0.333. The van der Waals surface area contributed by atoms with Gasteiger partial charge in [0.25, 0.3) is 5.91 Å². The van der Waals surface area contributed by atoms with Crippen LogP contribution >= 0.6 is 0 Å². The van der Waals surface area contributed by atoms with Gasteiger partial charge in [0.15, 0.2) is 11.3 Å². The number of carbonyl (C=O) groups is 1. The lowest BCUT2D eigenvalue weighted by Gasteiger charge is -2.33. The monoisotopic (exact) mass is 561 g/mol. The topological polar surface area (TPSA) is 108 Å². The van der Waals surface area contributed by atoms with E-state index >= 15 is 0 Å². The van der Waals surface area contributed by atoms with Gasteiger partial charge in [-0.1, -0.05) is 30.3 Å². The molecule has 1 saturated carbocycles. The van der Waals surface area contributed by atoms with E-state index in [1.54, 1.807) is 10.7 Å². The summed E-state index contributed by atoms with van der Waals surface area (Å²) in [6.07, 6.45) is 6.38. The van der Waals surface area contributed by atoms with E-state index < -0.39 is 5.60 Å². The Morgan fingerprint density at radius 3 is 2.55 bits per heavy atom. The number of pyridine rings is 1. The molecule has 42 heavy (non-hydrogen) atoms. The van der Waals surface area contributed by atoms with Crippen molar-refractivity contribution in [2.45, 2.75) is 44.2 Å². The molecular weight excluding hydrogens is 526 g/mol. The Labute approximate surface area is 244 Å². The van der Waals surface area contributed by atoms with E-state index in [1.807, 2.05) is 49.5 Å². The summed E-state index contributed by atoms with van der Waals surface area (Å²) in [6, 6.07) is 20.3. The molecule has 1 saturated heterocycles. The van der Waals surface area contributed by atoms with Gasteiger partial charge >= 0.3 is 0 Å². The standard InChI is InChI=1S/C33H35N7O2/c1-33(42)13-10-23(11-14-33)37-32(41)31-27(22-6-8-24(9-7-22)39-18-16-34-17-19-39)20-30-36-21-29(40(30)38-31)26-12-15-35-28-5-3-2-4-25(26)28/h2-9,12,15,20-21,23,34,42H,10-11,13-14,16-19H2,1H3,(H,37,41). The summed E-state index contributed by atoms with van der Waals surface area (Å²) < 4.78 is 1.76. The molecule has 0 spiro atoms. The summed E-state index contributed by atoms with van der Waals surface area (Å²) in [4.78, 5) is 25.5. The Morgan fingerprint density at radius 2 is 1.76 bits per heavy atom. The average molecular weight is 562 g/mol. The third-order valence-corrected chi connectivity index (χ3v) is 8.69. The summed E-state index contributed by atoms with van der Waals surface area (Å²) in [5, 5.41) is 23.0. The van der Waals surface area contributed by atoms with Crippen molar-refractivity contribution in [2.75, 3.05) is 31.1 Å². The molecule has 214 valence electrons. The zero-order valence-corrected chi connectivity index (χ0v) is 23.8. The van der Waals surface area contributed by atoms with Crippen LogP contribution in [0.25, 0.3) is 38.9 Å². The van der Waals surface area contributed by atoms with Crippen LogP contribution in [-0.2, 0) is 0 Å². The number of rotatable bonds is 5. The highest BCUT2D eigenvalue weighted by Gasteiger charge is 2.30. The molecule has 1 aliphatic carbocycles. The highest BCUT2D eigenvalue weighted by Crippen LogP contribution is 2.32. The molecule has 5 aromatic rings. The number of hydrogen-bond acceptors (Lipinski definition) is 7. The first-order valence-electron chi connectivity index (χ1n) is 14.8. The number of nitrogens with zero attached hydrogens (tertiary/aromatic N) is 5. The molecule has 2 aromatic carbocycles. The van der Waals surface area contributed by atoms with Gasteiger partial charge in [-0.25, -0.2) is 9.50 Å². The number of anilines is 1. The van der Waals surface area contributed by atoms with E-state index in [-0.39, 0.29) is 11.9 Å². The third kappa shape index (κ3) is 5.10. The maximum Gasteiger partial charge on any atom is 0.272 e. The first-order valence-corrected chi connectivity index (χ1v) is 14.8. The SMILES string of the molecule is CC1(O)CCC(NC(=O)c2nn3c(-c4ccnc5ccccc45)cnc3cc2-c2ccc(N3CCNCC3)cc2)CC1. The van der Waals surface area contributed by atoms with Gasteiger partial charge in [-0.2, -0.15) is 5.10 Å². The minimum absolute atomic E-state index is 0.00967. The van der Waals surface area contributed by atoms with Gasteiger partial charge in [0, 0.05) is 60.6 Å². The van der Waals surface area contributed by atoms with Gasteiger partial charge in [-0.3, -0.25) is 9.78 Å². The molecule has 1 amide bonds. The lowest BCUT2D eigenvalue weighted by Crippen LogP contribution is -2.43. The van der Waals surface area contributed by atoms with Crippen LogP contribution in [0.1, 0.15) is 43.1 Å². The fourth-order valence-electron chi connectivity index (χ4n) is 6.22. The van der Waals surface area contributed by atoms with Crippen LogP contribution in [0.2, 0.25) is 0 Å². The zero-order valence-electron chi connectivity index (χ0n) is 23.8. The predicted octanol–water partition coefficient (Wildman–Crippen LogP) is 4.44. The second-order valence-corrected chi connectivity index (χ2v) is 11.7. The van der Waals surface area contributed by atoms with Crippen molar-refractivity contribution in [1.82, 2.24) is 30.2 Å². The number of aliphatic hydroxyl groups is 1. The van der Waals surface area contributed by atoms with E-state index in [0.717, 1.165) is 72.3 Å². The smallest absolute Gasteiger partial charge is 0.272 e. The van der Waals surface area contributed by atoms with Crippen LogP contribution in [0, 0.1) is 0 Å². The number of aromatic nitrogens is 4. The van der Waals surface area contributed by atoms with Crippen molar-refractivity contribution >= 4 is 28.1 Å². The van der Waals surface area contributed by atoms with Gasteiger partial charge in [0.2, 0.25) is 0 Å². The summed E-state index contributed by atoms with van der Waals surface area (Å²) in [6.45, 7) is 5.74. The van der Waals surface area contributed by atoms with E-state index in [1.165, 1.54) is 5.69 Å². The Morgan fingerprint density at radius 1 is 1.00 bits per heavy atom. The second kappa shape index (κ2) is 10.8. The van der Waals surface area contributed by atoms with E-state index in [9.17, 15) is 9.90 Å². The number of nitrogens with one attached hydrogen (secondary N) is 2. The first-order chi connectivity index (χ1) is 20.4. The number of fused-ring (bicyclic) bond motifs is 2. The number of imidazole rings is 1. The molecule has 2 aliphatic rings. The van der Waals surface area contributed by atoms with Crippen LogP contribution in [0.3, 0.4) is 0 Å². The van der Waals surface area contributed by atoms with Gasteiger partial charge in [-0.15, -0.1) is 0 Å². The molecule has 1 aliphatic heterocycles. The summed E-state index contributed by atoms with van der Waals surface area (Å²) in [5.74, 6) is -0.219. The number of para-hydroxylation sites is 1. The lowest BCUT2D eigenvalue weighted by molar-refractivity contribution is 0.0140. The average Bonchev–Trinajstić information content (AvgIpc) is 3.44. The normalized spacial score (nSPS) is 21.1. The molecule has 3 N–H and O–H groups in total. The molecule has 0 bridgehead atoms. The van der Waals surface area contributed by atoms with Crippen LogP contribution in [-0.4, -0.2) is 68.4 Å². The minimum atomic E-state index is -0.672. The molecule has 3 aromatic heterocycles. The molecule has 0 unspecified atom stereocenters. The van der Waals surface area contributed by atoms with E-state index in [4.69, 9.17) is 10.1 Å². The molecular formula is C33H35N7O2. The number of hydrogen-bond donors (Lipinski definition) is 3. The quantitative estimate of drug-likeness (QED) is 0.291. The number of carbonyl (C=O) groups excluding carboxylic acids is 1. The summed E-state index contributed by atoms with van der Waals surface area (Å²) in [7, 11) is 0. The van der Waals surface area contributed by atoms with E-state index in [2.05, 4.69) is 44.8 Å². The van der Waals surface area contributed by atoms with Gasteiger partial charge in [0.05, 0.1) is 23.0 Å². The van der Waals surface area contributed by atoms with Gasteiger partial charge in [-0.05, 0) is 68.5 Å². The number of benzene rings is 2. The Bertz CT molecular complexity index is 1740. The molecule has 0 atom stereocenters. The van der Waals surface area contributed by atoms with Crippen molar-refractivity contribution in [3.63, 3.8) is 0 Å². The maximum atomic E-state index is 13.9. The zero-order chi connectivity index (χ0) is 28.7. The highest BCUT2D eigenvalue weighted by molar-refractivity contribution is 6.00. The number of piperazine rings is 1. The fourth-order valence-corrected chi connectivity index (χ4v) is 6.22. The second-order valence-electron chi connectivity index (χ2n) is 11.7. The van der Waals surface area contributed by atoms with E-state index in [0.29, 0.717) is 24.2 Å². The molecule has 9 nitrogen and oxygen atoms in total. The van der Waals surface area contributed by atoms with Crippen LogP contribution in [0.15, 0.2) is 73.1 Å². The minimum Gasteiger partial charge on any atom is -0.390 e. The van der Waals surface area contributed by atoms with Gasteiger partial charge < -0.3 is 20.6 Å². The molecule has 9 heteroatoms. The maximum absolute atomic E-state index is 13.9. The Kier molecular flexibility index (Phi) is 6.84. The third-order valence-electron chi connectivity index (χ3n) is 8.69. The molecule has 2 fully saturated rings. The van der Waals surface area contributed by atoms with Crippen LogP contribution in [0.4, 0.5) is 5.69 Å². The largest absolute Gasteiger partial charge is 0.390 e. The highest BCUT2D eigenvalue weighted by atomic mass is 16.3. The van der Waals surface area contributed by atoms with Crippen molar-refractivity contribution in [3.05, 3.63) is 78.8 Å². The van der Waals surface area contributed by atoms with Crippen LogP contribution < -0.4 is 15.5 Å². The van der Waals surface area contributed by atoms with Crippen molar-refractivity contribution in [1.29, 1.82) is 0 Å². The molecule has 0 radical (unpaired) electrons. The first kappa shape index (κ1) is 26.6. The predicted molar refractivity (Wildman–Crippen MR) is 165 cm³/mol. The Balaban J connectivity index is 1.30.